The molecule has 5 aromatic rings. The van der Waals surface area contributed by atoms with E-state index in [-0.39, 0.29) is 0 Å². The van der Waals surface area contributed by atoms with Crippen LogP contribution < -0.4 is 9.47 Å². The molecule has 0 amide bonds. The number of rotatable bonds is 6. The fourth-order valence-electron chi connectivity index (χ4n) is 3.89. The molecule has 3 aromatic carbocycles. The van der Waals surface area contributed by atoms with Gasteiger partial charge in [0.2, 0.25) is 0 Å². The van der Waals surface area contributed by atoms with Crippen LogP contribution in [0.25, 0.3) is 33.1 Å². The lowest BCUT2D eigenvalue weighted by atomic mass is 10.2. The Kier molecular flexibility index (Phi) is 4.71. The van der Waals surface area contributed by atoms with Crippen LogP contribution in [0.15, 0.2) is 66.7 Å². The van der Waals surface area contributed by atoms with E-state index >= 15 is 0 Å². The van der Waals surface area contributed by atoms with Gasteiger partial charge in [-0.3, -0.25) is 0 Å². The van der Waals surface area contributed by atoms with Crippen molar-refractivity contribution in [2.45, 2.75) is 19.9 Å². The fraction of sp³-hybridized carbons (Fsp3) is 0.200. The lowest BCUT2D eigenvalue weighted by Gasteiger charge is -2.09. The van der Waals surface area contributed by atoms with Crippen LogP contribution in [0.2, 0.25) is 0 Å². The summed E-state index contributed by atoms with van der Waals surface area (Å²) in [5, 5.41) is 1.06. The number of para-hydroxylation sites is 2. The summed E-state index contributed by atoms with van der Waals surface area (Å²) < 4.78 is 13.6. The van der Waals surface area contributed by atoms with Crippen molar-refractivity contribution in [3.8, 4) is 11.5 Å². The molecule has 150 valence electrons. The number of benzene rings is 3. The van der Waals surface area contributed by atoms with Gasteiger partial charge in [-0.15, -0.1) is 0 Å². The molecule has 0 N–H and O–H groups in total. The second kappa shape index (κ2) is 7.67. The van der Waals surface area contributed by atoms with Gasteiger partial charge in [-0.1, -0.05) is 24.3 Å². The molecule has 0 spiro atoms. The third kappa shape index (κ3) is 3.32. The summed E-state index contributed by atoms with van der Waals surface area (Å²) in [5.41, 5.74) is 5.91. The molecule has 5 nitrogen and oxygen atoms in total. The van der Waals surface area contributed by atoms with Gasteiger partial charge in [-0.2, -0.15) is 0 Å². The molecule has 0 aliphatic heterocycles. The molecule has 0 aliphatic rings. The van der Waals surface area contributed by atoms with Crippen molar-refractivity contribution in [1.82, 2.24) is 14.5 Å². The van der Waals surface area contributed by atoms with Crippen LogP contribution in [-0.2, 0) is 6.54 Å². The molecule has 0 fully saturated rings. The second-order valence-electron chi connectivity index (χ2n) is 7.44. The van der Waals surface area contributed by atoms with Crippen molar-refractivity contribution in [2.75, 3.05) is 13.7 Å². The maximum atomic E-state index is 5.95. The van der Waals surface area contributed by atoms with Gasteiger partial charge in [0.05, 0.1) is 30.3 Å². The number of hydrogen-bond donors (Lipinski definition) is 0. The normalized spacial score (nSPS) is 11.4. The van der Waals surface area contributed by atoms with E-state index in [1.165, 1.54) is 5.56 Å². The predicted octanol–water partition coefficient (Wildman–Crippen LogP) is 5.52. The smallest absolute Gasteiger partial charge is 0.160 e. The molecule has 0 unspecified atom stereocenters. The summed E-state index contributed by atoms with van der Waals surface area (Å²) in [7, 11) is 1.68. The van der Waals surface area contributed by atoms with E-state index in [1.807, 2.05) is 48.5 Å². The molecule has 0 radical (unpaired) electrons. The Bertz CT molecular complexity index is 1360. The summed E-state index contributed by atoms with van der Waals surface area (Å²) in [6.45, 7) is 3.51. The number of fused-ring (bicyclic) bond motifs is 4. The largest absolute Gasteiger partial charge is 0.497 e. The van der Waals surface area contributed by atoms with Gasteiger partial charge in [-0.25, -0.2) is 9.97 Å². The zero-order chi connectivity index (χ0) is 20.5. The van der Waals surface area contributed by atoms with Crippen LogP contribution in [0.3, 0.4) is 0 Å². The lowest BCUT2D eigenvalue weighted by Crippen LogP contribution is -2.05. The summed E-state index contributed by atoms with van der Waals surface area (Å²) in [6, 6.07) is 22.3. The highest BCUT2D eigenvalue weighted by Gasteiger charge is 2.15. The van der Waals surface area contributed by atoms with E-state index in [4.69, 9.17) is 19.4 Å². The summed E-state index contributed by atoms with van der Waals surface area (Å²) in [5.74, 6) is 1.73. The topological polar surface area (TPSA) is 49.2 Å². The minimum atomic E-state index is 0.641. The van der Waals surface area contributed by atoms with Gasteiger partial charge in [0.1, 0.15) is 17.0 Å². The van der Waals surface area contributed by atoms with Crippen LogP contribution >= 0.6 is 0 Å². The molecular formula is C25H23N3O2. The van der Waals surface area contributed by atoms with Gasteiger partial charge in [0.25, 0.3) is 0 Å². The SMILES string of the molecule is COc1ccc2c(c1)c1nc3ccccc3nc1n2CCCOc1cccc(C)c1. The molecular weight excluding hydrogens is 374 g/mol. The standard InChI is InChI=1S/C25H23N3O2/c1-17-7-5-8-19(15-17)30-14-6-13-28-23-12-11-18(29-2)16-20(23)24-25(28)27-22-10-4-3-9-21(22)26-24/h3-5,7-12,15-16H,6,13-14H2,1-2H3. The first kappa shape index (κ1) is 18.4. The Morgan fingerprint density at radius 3 is 2.50 bits per heavy atom. The van der Waals surface area contributed by atoms with E-state index in [0.717, 1.165) is 57.6 Å². The zero-order valence-corrected chi connectivity index (χ0v) is 17.1. The maximum Gasteiger partial charge on any atom is 0.160 e. The number of methoxy groups -OCH3 is 1. The van der Waals surface area contributed by atoms with E-state index in [9.17, 15) is 0 Å². The lowest BCUT2D eigenvalue weighted by molar-refractivity contribution is 0.303. The van der Waals surface area contributed by atoms with Crippen LogP contribution in [0.4, 0.5) is 0 Å². The maximum absolute atomic E-state index is 5.95. The molecule has 0 atom stereocenters. The molecule has 5 heteroatoms. The Hall–Kier alpha value is -3.60. The van der Waals surface area contributed by atoms with Gasteiger partial charge < -0.3 is 14.0 Å². The molecule has 5 rings (SSSR count). The van der Waals surface area contributed by atoms with E-state index < -0.39 is 0 Å². The minimum absolute atomic E-state index is 0.641. The first-order chi connectivity index (χ1) is 14.7. The Balaban J connectivity index is 1.51. The van der Waals surface area contributed by atoms with Crippen molar-refractivity contribution in [3.05, 3.63) is 72.3 Å². The predicted molar refractivity (Wildman–Crippen MR) is 120 cm³/mol. The van der Waals surface area contributed by atoms with Gasteiger partial charge in [0, 0.05) is 11.9 Å². The van der Waals surface area contributed by atoms with E-state index in [2.05, 4.69) is 29.7 Å². The van der Waals surface area contributed by atoms with Gasteiger partial charge in [0.15, 0.2) is 5.65 Å². The molecule has 0 saturated carbocycles. The highest BCUT2D eigenvalue weighted by Crippen LogP contribution is 2.31. The minimum Gasteiger partial charge on any atom is -0.497 e. The Labute approximate surface area is 174 Å². The second-order valence-corrected chi connectivity index (χ2v) is 7.44. The molecule has 0 bridgehead atoms. The third-order valence-electron chi connectivity index (χ3n) is 5.34. The Morgan fingerprint density at radius 2 is 1.70 bits per heavy atom. The summed E-state index contributed by atoms with van der Waals surface area (Å²) in [6.07, 6.45) is 0.868. The van der Waals surface area contributed by atoms with Crippen LogP contribution in [0.5, 0.6) is 11.5 Å². The van der Waals surface area contributed by atoms with Crippen molar-refractivity contribution < 1.29 is 9.47 Å². The highest BCUT2D eigenvalue weighted by atomic mass is 16.5. The van der Waals surface area contributed by atoms with Crippen molar-refractivity contribution in [2.24, 2.45) is 0 Å². The molecule has 0 aliphatic carbocycles. The quantitative estimate of drug-likeness (QED) is 0.354. The first-order valence-corrected chi connectivity index (χ1v) is 10.1. The monoisotopic (exact) mass is 397 g/mol. The van der Waals surface area contributed by atoms with E-state index in [0.29, 0.717) is 6.61 Å². The van der Waals surface area contributed by atoms with Gasteiger partial charge in [-0.05, 0) is 61.4 Å². The summed E-state index contributed by atoms with van der Waals surface area (Å²) in [4.78, 5) is 9.85. The van der Waals surface area contributed by atoms with Crippen molar-refractivity contribution >= 4 is 33.1 Å². The van der Waals surface area contributed by atoms with Crippen molar-refractivity contribution in [1.29, 1.82) is 0 Å². The fourth-order valence-corrected chi connectivity index (χ4v) is 3.89. The van der Waals surface area contributed by atoms with Crippen LogP contribution in [0, 0.1) is 6.92 Å². The zero-order valence-electron chi connectivity index (χ0n) is 17.1. The van der Waals surface area contributed by atoms with Crippen molar-refractivity contribution in [3.63, 3.8) is 0 Å². The first-order valence-electron chi connectivity index (χ1n) is 10.1. The van der Waals surface area contributed by atoms with Crippen LogP contribution in [0.1, 0.15) is 12.0 Å². The Morgan fingerprint density at radius 1 is 0.867 bits per heavy atom. The molecule has 2 heterocycles. The average molecular weight is 397 g/mol. The number of hydrogen-bond acceptors (Lipinski definition) is 4. The number of aromatic nitrogens is 3. The average Bonchev–Trinajstić information content (AvgIpc) is 3.07. The number of aryl methyl sites for hydroxylation is 2. The van der Waals surface area contributed by atoms with Crippen LogP contribution in [-0.4, -0.2) is 28.3 Å². The molecule has 2 aromatic heterocycles. The third-order valence-corrected chi connectivity index (χ3v) is 5.34. The highest BCUT2D eigenvalue weighted by molar-refractivity contribution is 6.06. The van der Waals surface area contributed by atoms with Gasteiger partial charge >= 0.3 is 0 Å². The molecule has 30 heavy (non-hydrogen) atoms. The van der Waals surface area contributed by atoms with E-state index in [1.54, 1.807) is 7.11 Å². The molecule has 0 saturated heterocycles. The number of nitrogens with zero attached hydrogens (tertiary/aromatic N) is 3. The number of ether oxygens (including phenoxy) is 2. The summed E-state index contributed by atoms with van der Waals surface area (Å²) >= 11 is 0.